The predicted octanol–water partition coefficient (Wildman–Crippen LogP) is 0.367. The molecule has 2 atom stereocenters. The lowest BCUT2D eigenvalue weighted by molar-refractivity contribution is -0.123. The van der Waals surface area contributed by atoms with Crippen LogP contribution in [0, 0.1) is 0 Å². The SMILES string of the molecule is CN1CCNCC1c1noc(-c2ccc(C3(C)NC(=O)NC3=O)cc2)n1. The van der Waals surface area contributed by atoms with Crippen LogP contribution >= 0.6 is 0 Å². The van der Waals surface area contributed by atoms with E-state index in [1.54, 1.807) is 31.2 Å². The molecule has 2 aromatic rings. The van der Waals surface area contributed by atoms with Crippen molar-refractivity contribution in [2.75, 3.05) is 26.7 Å². The van der Waals surface area contributed by atoms with E-state index in [2.05, 4.69) is 31.0 Å². The molecule has 3 amide bonds. The van der Waals surface area contributed by atoms with Gasteiger partial charge in [-0.2, -0.15) is 4.98 Å². The Morgan fingerprint density at radius 3 is 2.69 bits per heavy atom. The maximum Gasteiger partial charge on any atom is 0.322 e. The van der Waals surface area contributed by atoms with Crippen molar-refractivity contribution in [3.05, 3.63) is 35.7 Å². The second kappa shape index (κ2) is 6.19. The molecule has 3 heterocycles. The molecule has 1 aromatic carbocycles. The van der Waals surface area contributed by atoms with Gasteiger partial charge in [-0.05, 0) is 31.7 Å². The van der Waals surface area contributed by atoms with Gasteiger partial charge in [0.1, 0.15) is 5.54 Å². The highest BCUT2D eigenvalue weighted by Crippen LogP contribution is 2.28. The number of hydrogen-bond acceptors (Lipinski definition) is 7. The topological polar surface area (TPSA) is 112 Å². The molecule has 2 aliphatic rings. The first-order valence-electron chi connectivity index (χ1n) is 8.46. The van der Waals surface area contributed by atoms with E-state index in [1.165, 1.54) is 0 Å². The Labute approximate surface area is 150 Å². The Morgan fingerprint density at radius 1 is 1.27 bits per heavy atom. The van der Waals surface area contributed by atoms with Gasteiger partial charge in [0, 0.05) is 25.2 Å². The molecule has 0 bridgehead atoms. The predicted molar refractivity (Wildman–Crippen MR) is 92.0 cm³/mol. The second-order valence-corrected chi connectivity index (χ2v) is 6.77. The summed E-state index contributed by atoms with van der Waals surface area (Å²) in [5.41, 5.74) is 0.360. The number of nitrogens with one attached hydrogen (secondary N) is 3. The summed E-state index contributed by atoms with van der Waals surface area (Å²) in [6.07, 6.45) is 0. The number of likely N-dealkylation sites (N-methyl/N-ethyl adjacent to an activating group) is 1. The fourth-order valence-electron chi connectivity index (χ4n) is 3.27. The molecule has 26 heavy (non-hydrogen) atoms. The van der Waals surface area contributed by atoms with Crippen LogP contribution < -0.4 is 16.0 Å². The molecular weight excluding hydrogens is 336 g/mol. The first kappa shape index (κ1) is 16.7. The van der Waals surface area contributed by atoms with E-state index < -0.39 is 11.6 Å². The van der Waals surface area contributed by atoms with Gasteiger partial charge in [-0.15, -0.1) is 0 Å². The molecule has 0 aliphatic carbocycles. The lowest BCUT2D eigenvalue weighted by Gasteiger charge is -2.30. The minimum absolute atomic E-state index is 0.0804. The van der Waals surface area contributed by atoms with Crippen molar-refractivity contribution in [1.82, 2.24) is 31.0 Å². The largest absolute Gasteiger partial charge is 0.334 e. The minimum atomic E-state index is -1.08. The van der Waals surface area contributed by atoms with Crippen molar-refractivity contribution in [3.8, 4) is 11.5 Å². The van der Waals surface area contributed by atoms with Gasteiger partial charge in [0.05, 0.1) is 6.04 Å². The summed E-state index contributed by atoms with van der Waals surface area (Å²) in [6, 6.07) is 6.75. The summed E-state index contributed by atoms with van der Waals surface area (Å²) >= 11 is 0. The highest BCUT2D eigenvalue weighted by atomic mass is 16.5. The zero-order chi connectivity index (χ0) is 18.3. The number of carbonyl (C=O) groups is 2. The Balaban J connectivity index is 1.56. The number of nitrogens with zero attached hydrogens (tertiary/aromatic N) is 3. The minimum Gasteiger partial charge on any atom is -0.334 e. The third-order valence-corrected chi connectivity index (χ3v) is 5.00. The summed E-state index contributed by atoms with van der Waals surface area (Å²) in [6.45, 7) is 4.32. The molecule has 2 fully saturated rings. The number of hydrogen-bond donors (Lipinski definition) is 3. The first-order chi connectivity index (χ1) is 12.5. The quantitative estimate of drug-likeness (QED) is 0.681. The van der Waals surface area contributed by atoms with Crippen LogP contribution in [0.2, 0.25) is 0 Å². The van der Waals surface area contributed by atoms with Crippen LogP contribution in [-0.4, -0.2) is 53.7 Å². The van der Waals surface area contributed by atoms with Gasteiger partial charge >= 0.3 is 6.03 Å². The van der Waals surface area contributed by atoms with Gasteiger partial charge in [0.2, 0.25) is 0 Å². The van der Waals surface area contributed by atoms with Gasteiger partial charge in [-0.25, -0.2) is 4.79 Å². The van der Waals surface area contributed by atoms with Gasteiger partial charge in [-0.3, -0.25) is 15.0 Å². The van der Waals surface area contributed by atoms with Crippen molar-refractivity contribution in [3.63, 3.8) is 0 Å². The average molecular weight is 356 g/mol. The summed E-state index contributed by atoms with van der Waals surface area (Å²) in [7, 11) is 2.04. The standard InChI is InChI=1S/C17H20N6O3/c1-17(15(24)20-16(25)21-17)11-5-3-10(4-6-11)14-19-13(22-26-14)12-9-18-7-8-23(12)2/h3-6,12,18H,7-9H2,1-2H3,(H2,20,21,24,25). The lowest BCUT2D eigenvalue weighted by atomic mass is 9.91. The van der Waals surface area contributed by atoms with E-state index in [-0.39, 0.29) is 11.9 Å². The number of carbonyl (C=O) groups excluding carboxylic acids is 2. The molecule has 9 nitrogen and oxygen atoms in total. The summed E-state index contributed by atoms with van der Waals surface area (Å²) < 4.78 is 5.42. The number of amides is 3. The number of urea groups is 1. The van der Waals surface area contributed by atoms with Crippen molar-refractivity contribution in [2.45, 2.75) is 18.5 Å². The van der Waals surface area contributed by atoms with Gasteiger partial charge < -0.3 is 15.2 Å². The molecule has 9 heteroatoms. The number of aromatic nitrogens is 2. The molecule has 136 valence electrons. The maximum atomic E-state index is 12.0. The van der Waals surface area contributed by atoms with Crippen molar-refractivity contribution < 1.29 is 14.1 Å². The molecule has 4 rings (SSSR count). The van der Waals surface area contributed by atoms with E-state index in [0.29, 0.717) is 17.3 Å². The fraction of sp³-hybridized carbons (Fsp3) is 0.412. The molecule has 0 saturated carbocycles. The molecule has 2 aliphatic heterocycles. The molecule has 2 unspecified atom stereocenters. The van der Waals surface area contributed by atoms with Crippen LogP contribution in [0.15, 0.2) is 28.8 Å². The second-order valence-electron chi connectivity index (χ2n) is 6.77. The first-order valence-corrected chi connectivity index (χ1v) is 8.46. The zero-order valence-corrected chi connectivity index (χ0v) is 14.6. The van der Waals surface area contributed by atoms with Crippen molar-refractivity contribution >= 4 is 11.9 Å². The number of benzene rings is 1. The number of imide groups is 1. The number of piperazine rings is 1. The zero-order valence-electron chi connectivity index (χ0n) is 14.6. The average Bonchev–Trinajstić information content (AvgIpc) is 3.21. The Kier molecular flexibility index (Phi) is 3.97. The van der Waals surface area contributed by atoms with E-state index >= 15 is 0 Å². The molecule has 0 spiro atoms. The molecule has 1 aromatic heterocycles. The lowest BCUT2D eigenvalue weighted by Crippen LogP contribution is -2.44. The highest BCUT2D eigenvalue weighted by molar-refractivity contribution is 6.07. The van der Waals surface area contributed by atoms with Crippen molar-refractivity contribution in [1.29, 1.82) is 0 Å². The Hall–Kier alpha value is -2.78. The van der Waals surface area contributed by atoms with Crippen LogP contribution in [0.5, 0.6) is 0 Å². The third-order valence-electron chi connectivity index (χ3n) is 5.00. The molecular formula is C17H20N6O3. The van der Waals surface area contributed by atoms with Crippen LogP contribution in [0.1, 0.15) is 24.4 Å². The number of rotatable bonds is 3. The van der Waals surface area contributed by atoms with E-state index in [0.717, 1.165) is 25.2 Å². The van der Waals surface area contributed by atoms with Crippen molar-refractivity contribution in [2.24, 2.45) is 0 Å². The van der Waals surface area contributed by atoms with Crippen LogP contribution in [0.25, 0.3) is 11.5 Å². The summed E-state index contributed by atoms with van der Waals surface area (Å²) in [5.74, 6) is 0.701. The van der Waals surface area contributed by atoms with Crippen LogP contribution in [-0.2, 0) is 10.3 Å². The third kappa shape index (κ3) is 2.74. The Bertz CT molecular complexity index is 848. The van der Waals surface area contributed by atoms with Gasteiger partial charge in [-0.1, -0.05) is 17.3 Å². The molecule has 0 radical (unpaired) electrons. The molecule has 2 saturated heterocycles. The van der Waals surface area contributed by atoms with E-state index in [4.69, 9.17) is 4.52 Å². The highest BCUT2D eigenvalue weighted by Gasteiger charge is 2.43. The molecule has 3 N–H and O–H groups in total. The maximum absolute atomic E-state index is 12.0. The smallest absolute Gasteiger partial charge is 0.322 e. The summed E-state index contributed by atoms with van der Waals surface area (Å²) in [5, 5.41) is 12.3. The van der Waals surface area contributed by atoms with Gasteiger partial charge in [0.15, 0.2) is 5.82 Å². The Morgan fingerprint density at radius 2 is 2.04 bits per heavy atom. The fourth-order valence-corrected chi connectivity index (χ4v) is 3.27. The van der Waals surface area contributed by atoms with E-state index in [9.17, 15) is 9.59 Å². The summed E-state index contributed by atoms with van der Waals surface area (Å²) in [4.78, 5) is 30.2. The normalized spacial score (nSPS) is 26.6. The van der Waals surface area contributed by atoms with Gasteiger partial charge in [0.25, 0.3) is 11.8 Å². The van der Waals surface area contributed by atoms with E-state index in [1.807, 2.05) is 7.05 Å². The van der Waals surface area contributed by atoms with Crippen LogP contribution in [0.3, 0.4) is 0 Å². The van der Waals surface area contributed by atoms with Crippen LogP contribution in [0.4, 0.5) is 4.79 Å². The monoisotopic (exact) mass is 356 g/mol.